The number of aromatic nitrogens is 2. The van der Waals surface area contributed by atoms with Crippen molar-refractivity contribution in [3.63, 3.8) is 0 Å². The maximum atomic E-state index is 7.21. The van der Waals surface area contributed by atoms with Crippen molar-refractivity contribution in [3.8, 4) is 34.4 Å². The van der Waals surface area contributed by atoms with Gasteiger partial charge in [-0.1, -0.05) is 158 Å². The van der Waals surface area contributed by atoms with E-state index in [4.69, 9.17) is 9.47 Å². The predicted molar refractivity (Wildman–Crippen MR) is 222 cm³/mol. The zero-order valence-electron chi connectivity index (χ0n) is 30.5. The van der Waals surface area contributed by atoms with Gasteiger partial charge in [-0.25, -0.2) is 0 Å². The fourth-order valence-electron chi connectivity index (χ4n) is 9.50. The second kappa shape index (κ2) is 12.6. The third kappa shape index (κ3) is 4.47. The van der Waals surface area contributed by atoms with E-state index in [2.05, 4.69) is 228 Å². The van der Waals surface area contributed by atoms with Gasteiger partial charge in [0.15, 0.2) is 0 Å². The summed E-state index contributed by atoms with van der Waals surface area (Å²) >= 11 is 0. The summed E-state index contributed by atoms with van der Waals surface area (Å²) in [5.41, 5.74) is 8.98. The second-order valence-corrected chi connectivity index (χ2v) is 14.4. The number of hydrogen-bond acceptors (Lipinski definition) is 2. The molecule has 0 N–H and O–H groups in total. The molecule has 0 radical (unpaired) electrons. The van der Waals surface area contributed by atoms with E-state index in [1.165, 1.54) is 0 Å². The summed E-state index contributed by atoms with van der Waals surface area (Å²) < 4.78 is 19.0. The molecule has 4 heterocycles. The number of ether oxygens (including phenoxy) is 2. The Bertz CT molecular complexity index is 2550. The molecule has 9 aromatic rings. The van der Waals surface area contributed by atoms with Crippen molar-refractivity contribution >= 4 is 0 Å². The highest BCUT2D eigenvalue weighted by molar-refractivity contribution is 5.79. The first-order chi connectivity index (χ1) is 27.8. The minimum Gasteiger partial charge on any atom is -0.455 e. The van der Waals surface area contributed by atoms with Gasteiger partial charge < -0.3 is 18.6 Å². The Hall–Kier alpha value is -7.30. The van der Waals surface area contributed by atoms with Crippen LogP contribution in [0.2, 0.25) is 0 Å². The average molecular weight is 721 g/mol. The lowest BCUT2D eigenvalue weighted by molar-refractivity contribution is 0.398. The number of nitrogens with zero attached hydrogens (tertiary/aromatic N) is 2. The van der Waals surface area contributed by atoms with Gasteiger partial charge in [-0.2, -0.15) is 0 Å². The van der Waals surface area contributed by atoms with Crippen LogP contribution < -0.4 is 9.47 Å². The fraction of sp³-hybridized carbons (Fsp3) is 0.0385. The molecule has 4 heteroatoms. The van der Waals surface area contributed by atoms with Gasteiger partial charge in [0.25, 0.3) is 0 Å². The zero-order chi connectivity index (χ0) is 37.1. The van der Waals surface area contributed by atoms with Crippen molar-refractivity contribution < 1.29 is 9.47 Å². The van der Waals surface area contributed by atoms with Crippen LogP contribution in [0.15, 0.2) is 219 Å². The molecule has 0 amide bonds. The molecule has 0 fully saturated rings. The maximum Gasteiger partial charge on any atom is 0.150 e. The van der Waals surface area contributed by atoms with E-state index in [0.717, 1.165) is 79.1 Å². The summed E-state index contributed by atoms with van der Waals surface area (Å²) in [6, 6.07) is 73.3. The van der Waals surface area contributed by atoms with Gasteiger partial charge in [0.1, 0.15) is 23.0 Å². The molecule has 2 aromatic heterocycles. The molecule has 2 aliphatic heterocycles. The average Bonchev–Trinajstić information content (AvgIpc) is 3.92. The van der Waals surface area contributed by atoms with Gasteiger partial charge in [-0.05, 0) is 70.8 Å². The van der Waals surface area contributed by atoms with E-state index in [1.807, 2.05) is 0 Å². The van der Waals surface area contributed by atoms with Gasteiger partial charge in [-0.15, -0.1) is 0 Å². The standard InChI is InChI=1S/C52H36N2O2/c1-7-19-37(20-8-1)51(38-21-9-2-10-22-38)47-43(55-45-33-35-53(49(45)51)41-27-15-5-16-28-41)31-32-44-48(47)52(39-23-11-3-12-24-39,40-25-13-4-14-26-40)50-46(56-44)34-36-54(50)42-29-17-6-18-30-42/h1-36H. The Labute approximate surface area is 326 Å². The van der Waals surface area contributed by atoms with Crippen LogP contribution in [0.25, 0.3) is 11.4 Å². The molecule has 0 saturated carbocycles. The molecule has 266 valence electrons. The monoisotopic (exact) mass is 720 g/mol. The van der Waals surface area contributed by atoms with E-state index in [1.54, 1.807) is 0 Å². The molecular formula is C52H36N2O2. The minimum atomic E-state index is -0.879. The summed E-state index contributed by atoms with van der Waals surface area (Å²) in [6.45, 7) is 0. The summed E-state index contributed by atoms with van der Waals surface area (Å²) in [5.74, 6) is 3.19. The summed E-state index contributed by atoms with van der Waals surface area (Å²) in [5, 5.41) is 0. The number of hydrogen-bond donors (Lipinski definition) is 0. The van der Waals surface area contributed by atoms with E-state index < -0.39 is 10.8 Å². The lowest BCUT2D eigenvalue weighted by atomic mass is 9.57. The molecule has 11 rings (SSSR count). The zero-order valence-corrected chi connectivity index (χ0v) is 30.5. The smallest absolute Gasteiger partial charge is 0.150 e. The largest absolute Gasteiger partial charge is 0.455 e. The van der Waals surface area contributed by atoms with Crippen LogP contribution in [0.1, 0.15) is 44.8 Å². The van der Waals surface area contributed by atoms with Crippen LogP contribution in [-0.4, -0.2) is 9.13 Å². The maximum absolute atomic E-state index is 7.21. The van der Waals surface area contributed by atoms with Crippen LogP contribution >= 0.6 is 0 Å². The van der Waals surface area contributed by atoms with Crippen molar-refractivity contribution in [2.24, 2.45) is 0 Å². The molecule has 0 spiro atoms. The van der Waals surface area contributed by atoms with Crippen molar-refractivity contribution in [3.05, 3.63) is 263 Å². The normalized spacial score (nSPS) is 14.3. The first kappa shape index (κ1) is 32.2. The first-order valence-electron chi connectivity index (χ1n) is 19.1. The van der Waals surface area contributed by atoms with Gasteiger partial charge in [-0.3, -0.25) is 0 Å². The van der Waals surface area contributed by atoms with Crippen LogP contribution in [0, 0.1) is 0 Å². The topological polar surface area (TPSA) is 28.3 Å². The van der Waals surface area contributed by atoms with Gasteiger partial charge in [0.05, 0.1) is 22.2 Å². The Morgan fingerprint density at radius 3 is 0.875 bits per heavy atom. The highest BCUT2D eigenvalue weighted by Gasteiger charge is 2.57. The molecule has 0 saturated heterocycles. The number of fused-ring (bicyclic) bond motifs is 5. The molecule has 56 heavy (non-hydrogen) atoms. The van der Waals surface area contributed by atoms with E-state index in [-0.39, 0.29) is 0 Å². The third-order valence-corrected chi connectivity index (χ3v) is 11.6. The Morgan fingerprint density at radius 2 is 0.571 bits per heavy atom. The van der Waals surface area contributed by atoms with Crippen molar-refractivity contribution in [1.82, 2.24) is 9.13 Å². The second-order valence-electron chi connectivity index (χ2n) is 14.4. The first-order valence-corrected chi connectivity index (χ1v) is 19.1. The van der Waals surface area contributed by atoms with Crippen molar-refractivity contribution in [1.29, 1.82) is 0 Å². The Kier molecular flexibility index (Phi) is 7.26. The molecule has 0 bridgehead atoms. The quantitative estimate of drug-likeness (QED) is 0.171. The lowest BCUT2D eigenvalue weighted by Crippen LogP contribution is -2.43. The van der Waals surface area contributed by atoms with Gasteiger partial charge >= 0.3 is 0 Å². The summed E-state index contributed by atoms with van der Waals surface area (Å²) in [7, 11) is 0. The van der Waals surface area contributed by atoms with Crippen LogP contribution in [0.4, 0.5) is 0 Å². The fourth-order valence-corrected chi connectivity index (χ4v) is 9.50. The lowest BCUT2D eigenvalue weighted by Gasteiger charge is -2.48. The minimum absolute atomic E-state index is 0.788. The van der Waals surface area contributed by atoms with E-state index in [9.17, 15) is 0 Å². The number of benzene rings is 7. The van der Waals surface area contributed by atoms with Crippen molar-refractivity contribution in [2.45, 2.75) is 10.8 Å². The highest BCUT2D eigenvalue weighted by atomic mass is 16.5. The molecule has 0 aliphatic carbocycles. The summed E-state index contributed by atoms with van der Waals surface area (Å²) in [4.78, 5) is 0. The SMILES string of the molecule is c1ccc(-n2ccc3c2C(c2ccccc2)(c2ccccc2)c2c(ccc4c2C(c2ccccc2)(c2ccccc2)c2c(ccn2-c2ccccc2)O4)O3)cc1. The van der Waals surface area contributed by atoms with Crippen LogP contribution in [-0.2, 0) is 10.8 Å². The Morgan fingerprint density at radius 1 is 0.286 bits per heavy atom. The number of rotatable bonds is 6. The molecule has 2 aliphatic rings. The molecule has 4 nitrogen and oxygen atoms in total. The van der Waals surface area contributed by atoms with Gasteiger partial charge in [0, 0.05) is 34.9 Å². The Balaban J connectivity index is 1.38. The number of para-hydroxylation sites is 2. The third-order valence-electron chi connectivity index (χ3n) is 11.6. The molecule has 0 unspecified atom stereocenters. The van der Waals surface area contributed by atoms with Gasteiger partial charge in [0.2, 0.25) is 0 Å². The van der Waals surface area contributed by atoms with Crippen LogP contribution in [0.5, 0.6) is 23.0 Å². The molecular weight excluding hydrogens is 685 g/mol. The molecule has 7 aromatic carbocycles. The van der Waals surface area contributed by atoms with E-state index >= 15 is 0 Å². The van der Waals surface area contributed by atoms with E-state index in [0.29, 0.717) is 0 Å². The predicted octanol–water partition coefficient (Wildman–Crippen LogP) is 12.2. The molecule has 0 atom stereocenters. The van der Waals surface area contributed by atoms with Crippen molar-refractivity contribution in [2.75, 3.05) is 0 Å². The van der Waals surface area contributed by atoms with Crippen LogP contribution in [0.3, 0.4) is 0 Å². The summed E-state index contributed by atoms with van der Waals surface area (Å²) in [6.07, 6.45) is 4.30. The highest BCUT2D eigenvalue weighted by Crippen LogP contribution is 2.65.